The lowest BCUT2D eigenvalue weighted by Crippen LogP contribution is -1.79. The molecule has 0 spiro atoms. The molecule has 3 heteroatoms. The van der Waals surface area contributed by atoms with Crippen LogP contribution in [0.15, 0.2) is 70.9 Å². The van der Waals surface area contributed by atoms with Gasteiger partial charge >= 0.3 is 0 Å². The second-order valence-corrected chi connectivity index (χ2v) is 4.07. The normalized spacial score (nSPS) is 11.2. The Labute approximate surface area is 112 Å². The molecule has 0 aromatic heterocycles. The van der Waals surface area contributed by atoms with Crippen LogP contribution in [0.3, 0.4) is 0 Å². The van der Waals surface area contributed by atoms with Gasteiger partial charge in [-0.15, -0.1) is 0 Å². The highest BCUT2D eigenvalue weighted by atomic mass is 16.1. The Kier molecular flexibility index (Phi) is 4.34. The Hall–Kier alpha value is -2.55. The summed E-state index contributed by atoms with van der Waals surface area (Å²) in [6.07, 6.45) is 3.32. The average Bonchev–Trinajstić information content (AvgIpc) is 2.45. The molecule has 0 aliphatic heterocycles. The number of nitrogens with zero attached hydrogens (tertiary/aromatic N) is 2. The molecule has 2 rings (SSSR count). The van der Waals surface area contributed by atoms with Crippen molar-refractivity contribution in [3.05, 3.63) is 66.2 Å². The van der Waals surface area contributed by atoms with Crippen LogP contribution < -0.4 is 0 Å². The predicted molar refractivity (Wildman–Crippen MR) is 76.8 cm³/mol. The minimum Gasteiger partial charge on any atom is -0.295 e. The van der Waals surface area contributed by atoms with Gasteiger partial charge in [0.25, 0.3) is 0 Å². The summed E-state index contributed by atoms with van der Waals surface area (Å²) in [4.78, 5) is 10.8. The van der Waals surface area contributed by atoms with E-state index >= 15 is 0 Å². The summed E-state index contributed by atoms with van der Waals surface area (Å²) >= 11 is 0. The summed E-state index contributed by atoms with van der Waals surface area (Å²) in [5.74, 6) is 0.0350. The Morgan fingerprint density at radius 2 is 1.47 bits per heavy atom. The fraction of sp³-hybridized carbons (Fsp3) is 0.0625. The first-order valence-electron chi connectivity index (χ1n) is 5.99. The van der Waals surface area contributed by atoms with Gasteiger partial charge in [-0.25, -0.2) is 0 Å². The molecule has 3 nitrogen and oxygen atoms in total. The number of allylic oxidation sites excluding steroid dienone is 1. The van der Waals surface area contributed by atoms with E-state index in [0.29, 0.717) is 0 Å². The molecule has 0 N–H and O–H groups in total. The molecule has 0 atom stereocenters. The molecule has 2 aromatic rings. The van der Waals surface area contributed by atoms with Gasteiger partial charge in [-0.2, -0.15) is 10.2 Å². The number of rotatable bonds is 4. The minimum atomic E-state index is 0.0350. The van der Waals surface area contributed by atoms with Crippen LogP contribution in [0.25, 0.3) is 6.08 Å². The van der Waals surface area contributed by atoms with Crippen molar-refractivity contribution in [3.8, 4) is 0 Å². The third kappa shape index (κ3) is 4.32. The highest BCUT2D eigenvalue weighted by Crippen LogP contribution is 2.18. The molecular formula is C16H14N2O. The maximum atomic E-state index is 10.8. The predicted octanol–water partition coefficient (Wildman–Crippen LogP) is 4.70. The molecule has 0 aliphatic carbocycles. The van der Waals surface area contributed by atoms with Gasteiger partial charge in [-0.3, -0.25) is 4.79 Å². The molecular weight excluding hydrogens is 236 g/mol. The van der Waals surface area contributed by atoms with Crippen LogP contribution in [0.4, 0.5) is 11.4 Å². The van der Waals surface area contributed by atoms with Crippen molar-refractivity contribution >= 4 is 23.2 Å². The number of carbonyl (C=O) groups is 1. The second-order valence-electron chi connectivity index (χ2n) is 4.07. The molecule has 2 aromatic carbocycles. The van der Waals surface area contributed by atoms with Crippen molar-refractivity contribution in [3.63, 3.8) is 0 Å². The Bertz CT molecular complexity index is 598. The number of benzene rings is 2. The van der Waals surface area contributed by atoms with E-state index in [9.17, 15) is 4.79 Å². The molecule has 0 saturated heterocycles. The number of azo groups is 1. The quantitative estimate of drug-likeness (QED) is 0.572. The first kappa shape index (κ1) is 12.9. The van der Waals surface area contributed by atoms with E-state index in [4.69, 9.17) is 0 Å². The molecule has 19 heavy (non-hydrogen) atoms. The smallest absolute Gasteiger partial charge is 0.152 e. The van der Waals surface area contributed by atoms with E-state index in [1.807, 2.05) is 54.6 Å². The van der Waals surface area contributed by atoms with Gasteiger partial charge in [0.1, 0.15) is 0 Å². The third-order valence-electron chi connectivity index (χ3n) is 2.44. The van der Waals surface area contributed by atoms with Crippen LogP contribution in [0.1, 0.15) is 12.5 Å². The highest BCUT2D eigenvalue weighted by Gasteiger charge is 1.91. The Morgan fingerprint density at radius 3 is 2.05 bits per heavy atom. The molecule has 0 amide bonds. The van der Waals surface area contributed by atoms with Crippen LogP contribution >= 0.6 is 0 Å². The van der Waals surface area contributed by atoms with Gasteiger partial charge in [-0.05, 0) is 42.8 Å². The average molecular weight is 250 g/mol. The van der Waals surface area contributed by atoms with Gasteiger partial charge in [0.2, 0.25) is 0 Å². The monoisotopic (exact) mass is 250 g/mol. The molecule has 0 heterocycles. The van der Waals surface area contributed by atoms with Crippen molar-refractivity contribution in [2.75, 3.05) is 0 Å². The standard InChI is InChI=1S/C16H14N2O/c1-13(19)7-8-14-9-11-16(12-10-14)18-17-15-5-3-2-4-6-15/h2-12H,1H3/b8-7+,18-17?. The molecule has 0 radical (unpaired) electrons. The minimum absolute atomic E-state index is 0.0350. The fourth-order valence-electron chi connectivity index (χ4n) is 1.48. The summed E-state index contributed by atoms with van der Waals surface area (Å²) in [5.41, 5.74) is 2.57. The van der Waals surface area contributed by atoms with Crippen LogP contribution in [0.5, 0.6) is 0 Å². The zero-order chi connectivity index (χ0) is 13.5. The van der Waals surface area contributed by atoms with Crippen LogP contribution in [0, 0.1) is 0 Å². The maximum absolute atomic E-state index is 10.8. The highest BCUT2D eigenvalue weighted by molar-refractivity contribution is 5.91. The van der Waals surface area contributed by atoms with Crippen molar-refractivity contribution in [1.29, 1.82) is 0 Å². The van der Waals surface area contributed by atoms with E-state index in [0.717, 1.165) is 16.9 Å². The van der Waals surface area contributed by atoms with Crippen LogP contribution in [-0.4, -0.2) is 5.78 Å². The van der Waals surface area contributed by atoms with Crippen molar-refractivity contribution in [2.24, 2.45) is 10.2 Å². The third-order valence-corrected chi connectivity index (χ3v) is 2.44. The first-order valence-corrected chi connectivity index (χ1v) is 5.99. The van der Waals surface area contributed by atoms with E-state index in [-0.39, 0.29) is 5.78 Å². The summed E-state index contributed by atoms with van der Waals surface area (Å²) < 4.78 is 0. The number of hydrogen-bond acceptors (Lipinski definition) is 3. The van der Waals surface area contributed by atoms with Gasteiger partial charge in [-0.1, -0.05) is 36.4 Å². The zero-order valence-corrected chi connectivity index (χ0v) is 10.7. The molecule has 0 bridgehead atoms. The SMILES string of the molecule is CC(=O)/C=C/c1ccc(N=Nc2ccccc2)cc1. The lowest BCUT2D eigenvalue weighted by molar-refractivity contribution is -0.112. The van der Waals surface area contributed by atoms with Crippen molar-refractivity contribution in [1.82, 2.24) is 0 Å². The van der Waals surface area contributed by atoms with E-state index in [2.05, 4.69) is 10.2 Å². The maximum Gasteiger partial charge on any atom is 0.152 e. The van der Waals surface area contributed by atoms with Crippen molar-refractivity contribution < 1.29 is 4.79 Å². The van der Waals surface area contributed by atoms with Gasteiger partial charge in [0.05, 0.1) is 11.4 Å². The molecule has 0 unspecified atom stereocenters. The first-order chi connectivity index (χ1) is 9.24. The largest absolute Gasteiger partial charge is 0.295 e. The molecule has 0 saturated carbocycles. The van der Waals surface area contributed by atoms with Crippen molar-refractivity contribution in [2.45, 2.75) is 6.92 Å². The summed E-state index contributed by atoms with van der Waals surface area (Å²) in [6, 6.07) is 17.1. The summed E-state index contributed by atoms with van der Waals surface area (Å²) in [7, 11) is 0. The van der Waals surface area contributed by atoms with E-state index < -0.39 is 0 Å². The topological polar surface area (TPSA) is 41.8 Å². The van der Waals surface area contributed by atoms with Gasteiger partial charge in [0.15, 0.2) is 5.78 Å². The Balaban J connectivity index is 2.07. The van der Waals surface area contributed by atoms with Gasteiger partial charge < -0.3 is 0 Å². The lowest BCUT2D eigenvalue weighted by Gasteiger charge is -1.95. The van der Waals surface area contributed by atoms with E-state index in [1.165, 1.54) is 6.92 Å². The summed E-state index contributed by atoms with van der Waals surface area (Å²) in [6.45, 7) is 1.53. The van der Waals surface area contributed by atoms with Crippen LogP contribution in [-0.2, 0) is 4.79 Å². The number of hydrogen-bond donors (Lipinski definition) is 0. The molecule has 0 aliphatic rings. The lowest BCUT2D eigenvalue weighted by atomic mass is 10.2. The fourth-order valence-corrected chi connectivity index (χ4v) is 1.48. The molecule has 94 valence electrons. The number of ketones is 1. The zero-order valence-electron chi connectivity index (χ0n) is 10.7. The number of carbonyl (C=O) groups excluding carboxylic acids is 1. The second kappa shape index (κ2) is 6.40. The summed E-state index contributed by atoms with van der Waals surface area (Å²) in [5, 5.41) is 8.28. The van der Waals surface area contributed by atoms with Crippen LogP contribution in [0.2, 0.25) is 0 Å². The van der Waals surface area contributed by atoms with E-state index in [1.54, 1.807) is 12.2 Å². The Morgan fingerprint density at radius 1 is 0.895 bits per heavy atom. The molecule has 0 fully saturated rings. The van der Waals surface area contributed by atoms with Gasteiger partial charge in [0, 0.05) is 0 Å².